The van der Waals surface area contributed by atoms with E-state index in [1.165, 1.54) is 7.11 Å². The molecule has 0 N–H and O–H groups in total. The highest BCUT2D eigenvalue weighted by Gasteiger charge is 2.24. The number of piperazine rings is 1. The lowest BCUT2D eigenvalue weighted by atomic mass is 10.1. The summed E-state index contributed by atoms with van der Waals surface area (Å²) in [5, 5.41) is 0. The fourth-order valence-electron chi connectivity index (χ4n) is 2.37. The summed E-state index contributed by atoms with van der Waals surface area (Å²) < 4.78 is 5.60. The Morgan fingerprint density at radius 2 is 1.90 bits per heavy atom. The van der Waals surface area contributed by atoms with Gasteiger partial charge in [-0.3, -0.25) is 14.5 Å². The summed E-state index contributed by atoms with van der Waals surface area (Å²) in [7, 11) is 1.39. The molecule has 0 atom stereocenters. The van der Waals surface area contributed by atoms with E-state index in [0.717, 1.165) is 15.6 Å². The highest BCUT2D eigenvalue weighted by molar-refractivity contribution is 9.10. The van der Waals surface area contributed by atoms with Gasteiger partial charge >= 0.3 is 5.97 Å². The zero-order valence-electron chi connectivity index (χ0n) is 12.3. The molecule has 0 bridgehead atoms. The van der Waals surface area contributed by atoms with Gasteiger partial charge in [0.1, 0.15) is 0 Å². The molecule has 1 aliphatic rings. The maximum absolute atomic E-state index is 12.6. The minimum atomic E-state index is -0.238. The van der Waals surface area contributed by atoms with Gasteiger partial charge in [0.25, 0.3) is 5.91 Å². The van der Waals surface area contributed by atoms with Gasteiger partial charge in [-0.1, -0.05) is 22.0 Å². The largest absolute Gasteiger partial charge is 0.468 e. The molecule has 0 aliphatic carbocycles. The summed E-state index contributed by atoms with van der Waals surface area (Å²) in [6, 6.07) is 5.65. The van der Waals surface area contributed by atoms with Crippen molar-refractivity contribution in [2.24, 2.45) is 0 Å². The van der Waals surface area contributed by atoms with E-state index in [1.807, 2.05) is 34.9 Å². The topological polar surface area (TPSA) is 49.9 Å². The molecule has 1 amide bonds. The normalized spacial score (nSPS) is 15.9. The van der Waals surface area contributed by atoms with Crippen molar-refractivity contribution in [2.75, 3.05) is 39.8 Å². The first-order chi connectivity index (χ1) is 10.0. The second kappa shape index (κ2) is 7.04. The van der Waals surface area contributed by atoms with Crippen LogP contribution in [0, 0.1) is 6.92 Å². The second-order valence-electron chi connectivity index (χ2n) is 5.06. The van der Waals surface area contributed by atoms with E-state index in [-0.39, 0.29) is 18.4 Å². The van der Waals surface area contributed by atoms with Gasteiger partial charge in [0, 0.05) is 36.2 Å². The number of hydrogen-bond acceptors (Lipinski definition) is 4. The average molecular weight is 355 g/mol. The molecule has 0 saturated carbocycles. The molecule has 0 unspecified atom stereocenters. The number of benzene rings is 1. The quantitative estimate of drug-likeness (QED) is 0.775. The maximum atomic E-state index is 12.6. The fourth-order valence-corrected chi connectivity index (χ4v) is 2.73. The van der Waals surface area contributed by atoms with E-state index in [2.05, 4.69) is 20.7 Å². The van der Waals surface area contributed by atoms with E-state index in [4.69, 9.17) is 0 Å². The van der Waals surface area contributed by atoms with Crippen LogP contribution in [0.2, 0.25) is 0 Å². The summed E-state index contributed by atoms with van der Waals surface area (Å²) in [6.45, 7) is 4.85. The zero-order chi connectivity index (χ0) is 15.4. The fraction of sp³-hybridized carbons (Fsp3) is 0.467. The van der Waals surface area contributed by atoms with Crippen LogP contribution < -0.4 is 0 Å². The highest BCUT2D eigenvalue weighted by atomic mass is 79.9. The summed E-state index contributed by atoms with van der Waals surface area (Å²) in [5.41, 5.74) is 1.69. The predicted molar refractivity (Wildman–Crippen MR) is 83.2 cm³/mol. The van der Waals surface area contributed by atoms with Gasteiger partial charge in [-0.05, 0) is 24.6 Å². The van der Waals surface area contributed by atoms with Crippen LogP contribution in [-0.4, -0.2) is 61.5 Å². The first-order valence-corrected chi connectivity index (χ1v) is 7.65. The Hall–Kier alpha value is -1.40. The van der Waals surface area contributed by atoms with Crippen molar-refractivity contribution in [1.82, 2.24) is 9.80 Å². The number of nitrogens with zero attached hydrogens (tertiary/aromatic N) is 2. The van der Waals surface area contributed by atoms with E-state index in [0.29, 0.717) is 26.2 Å². The third-order valence-electron chi connectivity index (χ3n) is 3.74. The van der Waals surface area contributed by atoms with Crippen LogP contribution in [0.1, 0.15) is 15.9 Å². The molecule has 1 heterocycles. The van der Waals surface area contributed by atoms with E-state index in [1.54, 1.807) is 0 Å². The van der Waals surface area contributed by atoms with Crippen LogP contribution >= 0.6 is 15.9 Å². The van der Waals surface area contributed by atoms with Crippen LogP contribution in [0.15, 0.2) is 22.7 Å². The molecule has 0 radical (unpaired) electrons. The standard InChI is InChI=1S/C15H19BrN2O3/c1-11-12(4-3-5-13(11)16)15(20)18-8-6-17(7-9-18)10-14(19)21-2/h3-5H,6-10H2,1-2H3. The SMILES string of the molecule is COC(=O)CN1CCN(C(=O)c2cccc(Br)c2C)CC1. The zero-order valence-corrected chi connectivity index (χ0v) is 13.9. The summed E-state index contributed by atoms with van der Waals surface area (Å²) in [6.07, 6.45) is 0. The monoisotopic (exact) mass is 354 g/mol. The first kappa shape index (κ1) is 16.0. The van der Waals surface area contributed by atoms with Crippen LogP contribution in [0.3, 0.4) is 0 Å². The van der Waals surface area contributed by atoms with Crippen molar-refractivity contribution in [2.45, 2.75) is 6.92 Å². The Morgan fingerprint density at radius 3 is 2.52 bits per heavy atom. The van der Waals surface area contributed by atoms with Gasteiger partial charge in [0.05, 0.1) is 13.7 Å². The number of carbonyl (C=O) groups excluding carboxylic acids is 2. The number of ether oxygens (including phenoxy) is 1. The molecular weight excluding hydrogens is 336 g/mol. The Kier molecular flexibility index (Phi) is 5.36. The highest BCUT2D eigenvalue weighted by Crippen LogP contribution is 2.21. The Labute approximate surface area is 133 Å². The molecule has 2 rings (SSSR count). The summed E-state index contributed by atoms with van der Waals surface area (Å²) in [4.78, 5) is 27.6. The Morgan fingerprint density at radius 1 is 1.24 bits per heavy atom. The molecule has 0 aromatic heterocycles. The number of halogens is 1. The van der Waals surface area contributed by atoms with Crippen molar-refractivity contribution in [3.05, 3.63) is 33.8 Å². The number of rotatable bonds is 3. The molecule has 0 spiro atoms. The molecule has 1 aliphatic heterocycles. The van der Waals surface area contributed by atoms with Crippen molar-refractivity contribution >= 4 is 27.8 Å². The van der Waals surface area contributed by atoms with Gasteiger partial charge in [-0.2, -0.15) is 0 Å². The smallest absolute Gasteiger partial charge is 0.319 e. The van der Waals surface area contributed by atoms with E-state index >= 15 is 0 Å². The lowest BCUT2D eigenvalue weighted by Crippen LogP contribution is -2.50. The van der Waals surface area contributed by atoms with E-state index in [9.17, 15) is 9.59 Å². The average Bonchev–Trinajstić information content (AvgIpc) is 2.50. The lowest BCUT2D eigenvalue weighted by Gasteiger charge is -2.34. The molecule has 1 saturated heterocycles. The summed E-state index contributed by atoms with van der Waals surface area (Å²) in [5.74, 6) is -0.191. The van der Waals surface area contributed by atoms with Crippen molar-refractivity contribution in [3.8, 4) is 0 Å². The van der Waals surface area contributed by atoms with Gasteiger partial charge in [0.15, 0.2) is 0 Å². The molecule has 1 aromatic rings. The van der Waals surface area contributed by atoms with Gasteiger partial charge in [-0.15, -0.1) is 0 Å². The first-order valence-electron chi connectivity index (χ1n) is 6.86. The number of amides is 1. The molecule has 5 nitrogen and oxygen atoms in total. The van der Waals surface area contributed by atoms with Crippen molar-refractivity contribution < 1.29 is 14.3 Å². The second-order valence-corrected chi connectivity index (χ2v) is 5.91. The molecule has 6 heteroatoms. The molecule has 114 valence electrons. The minimum absolute atomic E-state index is 0.0477. The lowest BCUT2D eigenvalue weighted by molar-refractivity contribution is -0.142. The van der Waals surface area contributed by atoms with Crippen molar-refractivity contribution in [1.29, 1.82) is 0 Å². The Balaban J connectivity index is 1.97. The number of methoxy groups -OCH3 is 1. The molecular formula is C15H19BrN2O3. The number of carbonyl (C=O) groups is 2. The van der Waals surface area contributed by atoms with Crippen LogP contribution in [-0.2, 0) is 9.53 Å². The number of hydrogen-bond donors (Lipinski definition) is 0. The van der Waals surface area contributed by atoms with Crippen LogP contribution in [0.25, 0.3) is 0 Å². The third kappa shape index (κ3) is 3.83. The van der Waals surface area contributed by atoms with Gasteiger partial charge in [-0.25, -0.2) is 0 Å². The number of esters is 1. The Bertz CT molecular complexity index is 540. The predicted octanol–water partition coefficient (Wildman–Crippen LogP) is 1.69. The third-order valence-corrected chi connectivity index (χ3v) is 4.60. The summed E-state index contributed by atoms with van der Waals surface area (Å²) >= 11 is 3.45. The van der Waals surface area contributed by atoms with Gasteiger partial charge in [0.2, 0.25) is 0 Å². The van der Waals surface area contributed by atoms with Crippen LogP contribution in [0.5, 0.6) is 0 Å². The molecule has 21 heavy (non-hydrogen) atoms. The van der Waals surface area contributed by atoms with Crippen LogP contribution in [0.4, 0.5) is 0 Å². The van der Waals surface area contributed by atoms with Gasteiger partial charge < -0.3 is 9.64 Å². The maximum Gasteiger partial charge on any atom is 0.319 e. The van der Waals surface area contributed by atoms with E-state index < -0.39 is 0 Å². The minimum Gasteiger partial charge on any atom is -0.468 e. The van der Waals surface area contributed by atoms with Crippen molar-refractivity contribution in [3.63, 3.8) is 0 Å². The molecule has 1 aromatic carbocycles. The molecule has 1 fully saturated rings.